The van der Waals surface area contributed by atoms with Crippen molar-refractivity contribution < 1.29 is 19.2 Å². The Morgan fingerprint density at radius 2 is 0.889 bits per heavy atom. The molecule has 0 aromatic carbocycles. The summed E-state index contributed by atoms with van der Waals surface area (Å²) in [6, 6.07) is 0. The minimum absolute atomic E-state index is 0. The maximum absolute atomic E-state index is 7.33. The Hall–Kier alpha value is 4.19. The second-order valence-electron chi connectivity index (χ2n) is 0.600. The van der Waals surface area contributed by atoms with Crippen LogP contribution in [0.4, 0.5) is 0 Å². The van der Waals surface area contributed by atoms with Gasteiger partial charge in [0.2, 0.25) is 0 Å². The molecule has 0 aliphatic heterocycles. The minimum Gasteiger partial charge on any atom is 0.316 e. The Kier molecular flexibility index (Phi) is 47.7. The van der Waals surface area contributed by atoms with E-state index in [0.717, 1.165) is 0 Å². The number of hydrogen-bond acceptors (Lipinski definition) is 4. The van der Waals surface area contributed by atoms with E-state index in [9.17, 15) is 0 Å². The standard InChI is InChI=1S/Al.Ba.Ca.Mg.H4O4Si.9H/c;;;;1-5(2,3)4;;;;;;;;;/h;;;;1-4H;;;;;;;;;. The van der Waals surface area contributed by atoms with Gasteiger partial charge in [0.05, 0.1) is 0 Å². The predicted octanol–water partition coefficient (Wildman–Crippen LogP) is -6.54. The molecule has 0 amide bonds. The molecule has 4 nitrogen and oxygen atoms in total. The first-order valence-corrected chi connectivity index (χ1v) is 2.68. The summed E-state index contributed by atoms with van der Waals surface area (Å²) >= 11 is 0. The van der Waals surface area contributed by atoms with Crippen LogP contribution in [-0.2, 0) is 0 Å². The van der Waals surface area contributed by atoms with Crippen molar-refractivity contribution in [3.8, 4) is 0 Å². The molecule has 0 aliphatic carbocycles. The number of hydrogen-bond donors (Lipinski definition) is 4. The van der Waals surface area contributed by atoms with E-state index in [-0.39, 0.29) is 127 Å². The Balaban J connectivity index is -0.0000000133. The first-order chi connectivity index (χ1) is 2.00. The summed E-state index contributed by atoms with van der Waals surface area (Å²) in [5.74, 6) is 0. The molecule has 0 heterocycles. The molecule has 9 heteroatoms. The fourth-order valence-electron chi connectivity index (χ4n) is 0. The summed E-state index contributed by atoms with van der Waals surface area (Å²) in [6.07, 6.45) is 0. The van der Waals surface area contributed by atoms with Gasteiger partial charge in [-0.15, -0.1) is 0 Å². The average Bonchev–Trinajstić information content (AvgIpc) is 0.722. The van der Waals surface area contributed by atoms with E-state index < -0.39 is 9.05 Å². The average molecular weight is 334 g/mol. The van der Waals surface area contributed by atoms with Gasteiger partial charge in [0.1, 0.15) is 0 Å². The first-order valence-electron chi connectivity index (χ1n) is 0.894. The zero-order valence-electron chi connectivity index (χ0n) is 2.29. The maximum Gasteiger partial charge on any atom is 0.316 e. The monoisotopic (exact) mass is 334 g/mol. The molecule has 0 aliphatic rings. The van der Waals surface area contributed by atoms with Crippen LogP contribution in [-0.4, -0.2) is 155 Å². The van der Waals surface area contributed by atoms with E-state index in [1.807, 2.05) is 0 Å². The summed E-state index contributed by atoms with van der Waals surface area (Å²) in [4.78, 5) is 29.3. The van der Waals surface area contributed by atoms with Gasteiger partial charge in [0.15, 0.2) is 17.4 Å². The van der Waals surface area contributed by atoms with Gasteiger partial charge < -0.3 is 19.2 Å². The van der Waals surface area contributed by atoms with Gasteiger partial charge >= 0.3 is 119 Å². The Morgan fingerprint density at radius 1 is 0.889 bits per heavy atom. The normalized spacial score (nSPS) is 6.67. The van der Waals surface area contributed by atoms with Gasteiger partial charge in [-0.3, -0.25) is 0 Å². The third-order valence-corrected chi connectivity index (χ3v) is 0. The van der Waals surface area contributed by atoms with Crippen LogP contribution < -0.4 is 0 Å². The fraction of sp³-hybridized carbons (Fsp3) is 0. The number of rotatable bonds is 0. The Labute approximate surface area is 151 Å². The van der Waals surface area contributed by atoms with Gasteiger partial charge in [-0.25, -0.2) is 0 Å². The van der Waals surface area contributed by atoms with Crippen molar-refractivity contribution in [1.29, 1.82) is 0 Å². The molecule has 0 aromatic heterocycles. The molecule has 0 unspecified atom stereocenters. The second-order valence-corrected chi connectivity index (χ2v) is 1.80. The molecular weight excluding hydrogens is 321 g/mol. The van der Waals surface area contributed by atoms with Crippen molar-refractivity contribution >= 4 is 136 Å². The molecule has 0 bridgehead atoms. The van der Waals surface area contributed by atoms with E-state index in [2.05, 4.69) is 0 Å². The van der Waals surface area contributed by atoms with Crippen molar-refractivity contribution in [3.05, 3.63) is 0 Å². The van der Waals surface area contributed by atoms with E-state index in [1.54, 1.807) is 0 Å². The quantitative estimate of drug-likeness (QED) is 0.332. The molecule has 50 valence electrons. The van der Waals surface area contributed by atoms with Crippen LogP contribution in [0.25, 0.3) is 0 Å². The largest absolute Gasteiger partial charge is 0.316 e. The summed E-state index contributed by atoms with van der Waals surface area (Å²) in [7, 11) is -4.61. The molecular formula is H13AlBaCaMgO4Si. The van der Waals surface area contributed by atoms with Crippen molar-refractivity contribution in [2.75, 3.05) is 0 Å². The van der Waals surface area contributed by atoms with Crippen LogP contribution in [0.1, 0.15) is 0 Å². The zero-order valence-corrected chi connectivity index (χ0v) is 3.29. The van der Waals surface area contributed by atoms with Gasteiger partial charge in [0.25, 0.3) is 0 Å². The van der Waals surface area contributed by atoms with E-state index in [4.69, 9.17) is 19.2 Å². The fourth-order valence-corrected chi connectivity index (χ4v) is 0. The molecule has 0 saturated heterocycles. The van der Waals surface area contributed by atoms with Crippen LogP contribution in [0.2, 0.25) is 0 Å². The van der Waals surface area contributed by atoms with Gasteiger partial charge in [-0.2, -0.15) is 0 Å². The SMILES string of the molecule is O[Si](O)(O)O.[AlH3].[BaH2].[CaH2].[MgH2]. The van der Waals surface area contributed by atoms with Crippen LogP contribution in [0.3, 0.4) is 0 Å². The Morgan fingerprint density at radius 3 is 0.889 bits per heavy atom. The third kappa shape index (κ3) is 72.1. The summed E-state index contributed by atoms with van der Waals surface area (Å²) in [5, 5.41) is 0. The van der Waals surface area contributed by atoms with Gasteiger partial charge in [-0.1, -0.05) is 0 Å². The van der Waals surface area contributed by atoms with E-state index in [1.165, 1.54) is 0 Å². The third-order valence-electron chi connectivity index (χ3n) is 0. The van der Waals surface area contributed by atoms with Crippen molar-refractivity contribution in [2.24, 2.45) is 0 Å². The first kappa shape index (κ1) is 29.2. The molecule has 0 aromatic rings. The molecule has 0 radical (unpaired) electrons. The molecule has 0 rings (SSSR count). The zero-order chi connectivity index (χ0) is 4.50. The van der Waals surface area contributed by atoms with Crippen LogP contribution in [0, 0.1) is 0 Å². The summed E-state index contributed by atoms with van der Waals surface area (Å²) in [6.45, 7) is 0. The molecule has 0 saturated carbocycles. The molecule has 0 spiro atoms. The van der Waals surface area contributed by atoms with Gasteiger partial charge in [0, 0.05) is 0 Å². The van der Waals surface area contributed by atoms with E-state index in [0.29, 0.717) is 0 Å². The smallest absolute Gasteiger partial charge is 0.316 e. The van der Waals surface area contributed by atoms with Crippen molar-refractivity contribution in [1.82, 2.24) is 0 Å². The summed E-state index contributed by atoms with van der Waals surface area (Å²) in [5.41, 5.74) is 0. The Bertz CT molecular complexity index is 36.0. The summed E-state index contributed by atoms with van der Waals surface area (Å²) < 4.78 is 0. The maximum atomic E-state index is 7.33. The molecule has 0 fully saturated rings. The predicted molar refractivity (Wildman–Crippen MR) is 50.2 cm³/mol. The van der Waals surface area contributed by atoms with Crippen LogP contribution in [0.15, 0.2) is 0 Å². The van der Waals surface area contributed by atoms with Crippen molar-refractivity contribution in [2.45, 2.75) is 0 Å². The molecule has 9 heavy (non-hydrogen) atoms. The topological polar surface area (TPSA) is 80.9 Å². The van der Waals surface area contributed by atoms with Crippen molar-refractivity contribution in [3.63, 3.8) is 0 Å². The van der Waals surface area contributed by atoms with Crippen LogP contribution >= 0.6 is 0 Å². The molecule has 0 atom stereocenters. The minimum atomic E-state index is -4.61. The second kappa shape index (κ2) is 14.7. The van der Waals surface area contributed by atoms with Gasteiger partial charge in [-0.05, 0) is 0 Å². The van der Waals surface area contributed by atoms with Crippen LogP contribution in [0.5, 0.6) is 0 Å². The molecule has 4 N–H and O–H groups in total. The van der Waals surface area contributed by atoms with E-state index >= 15 is 0 Å².